The van der Waals surface area contributed by atoms with E-state index >= 15 is 0 Å². The van der Waals surface area contributed by atoms with E-state index in [1.807, 2.05) is 0 Å². The summed E-state index contributed by atoms with van der Waals surface area (Å²) in [6.45, 7) is 0.811. The molecule has 204 valence electrons. The number of carbonyl (C=O) groups excluding carboxylic acids is 2. The molecule has 2 aromatic rings. The van der Waals surface area contributed by atoms with Gasteiger partial charge in [-0.25, -0.2) is 9.59 Å². The normalized spacial score (nSPS) is 22.5. The van der Waals surface area contributed by atoms with E-state index in [2.05, 4.69) is 0 Å². The maximum atomic E-state index is 12.9. The van der Waals surface area contributed by atoms with Gasteiger partial charge in [0.25, 0.3) is 0 Å². The molecule has 4 amide bonds. The second-order valence-corrected chi connectivity index (χ2v) is 10.9. The summed E-state index contributed by atoms with van der Waals surface area (Å²) in [5, 5.41) is 1.42. The monoisotopic (exact) mass is 556 g/mol. The van der Waals surface area contributed by atoms with Gasteiger partial charge in [0.05, 0.1) is 12.1 Å². The zero-order chi connectivity index (χ0) is 27.6. The van der Waals surface area contributed by atoms with Gasteiger partial charge in [0.15, 0.2) is 0 Å². The zero-order valence-corrected chi connectivity index (χ0v) is 21.8. The zero-order valence-electron chi connectivity index (χ0n) is 21.0. The fourth-order valence-electron chi connectivity index (χ4n) is 5.13. The Bertz CT molecular complexity index is 1570. The Morgan fingerprint density at radius 2 is 1.10 bits per heavy atom. The van der Waals surface area contributed by atoms with Gasteiger partial charge in [0, 0.05) is 64.8 Å². The molecule has 39 heavy (non-hydrogen) atoms. The molecule has 15 heteroatoms. The van der Waals surface area contributed by atoms with Crippen LogP contribution in [0.3, 0.4) is 0 Å². The predicted molar refractivity (Wildman–Crippen MR) is 136 cm³/mol. The number of rotatable bonds is 6. The average molecular weight is 557 g/mol. The van der Waals surface area contributed by atoms with Crippen molar-refractivity contribution in [3.8, 4) is 0 Å². The number of aryl methyl sites for hydroxylation is 2. The Balaban J connectivity index is 1.20. The maximum Gasteiger partial charge on any atom is 0.442 e. The Labute approximate surface area is 222 Å². The van der Waals surface area contributed by atoms with Crippen LogP contribution in [-0.2, 0) is 33.1 Å². The molecular weight excluding hydrogens is 532 g/mol. The van der Waals surface area contributed by atoms with E-state index in [1.165, 1.54) is 31.1 Å². The van der Waals surface area contributed by atoms with Crippen LogP contribution in [-0.4, -0.2) is 87.8 Å². The van der Waals surface area contributed by atoms with Gasteiger partial charge in [0.1, 0.15) is 0 Å². The van der Waals surface area contributed by atoms with E-state index in [-0.39, 0.29) is 37.3 Å². The quantitative estimate of drug-likeness (QED) is 0.480. The lowest BCUT2D eigenvalue weighted by molar-refractivity contribution is -0.0723. The fraction of sp³-hybridized carbons (Fsp3) is 0.333. The van der Waals surface area contributed by atoms with Crippen LogP contribution < -0.4 is 11.1 Å². The van der Waals surface area contributed by atoms with Gasteiger partial charge in [-0.15, -0.1) is 8.57 Å². The topological polar surface area (TPSA) is 144 Å². The summed E-state index contributed by atoms with van der Waals surface area (Å²) in [4.78, 5) is 52.1. The van der Waals surface area contributed by atoms with E-state index in [9.17, 15) is 27.6 Å². The SMILES string of the molecule is Cn1cc(C2=CC3CN(C2)C(=O)N3OS(=O)(=O)ON2C(=O)N3CC(c4ccc(=O)n(C)c4)=CC2C3)ccc1=O. The average Bonchev–Trinajstić information content (AvgIpc) is 3.24. The molecule has 2 unspecified atom stereocenters. The van der Waals surface area contributed by atoms with Crippen molar-refractivity contribution in [2.24, 2.45) is 14.1 Å². The second-order valence-electron chi connectivity index (χ2n) is 9.79. The number of carbonyl (C=O) groups is 2. The van der Waals surface area contributed by atoms with Crippen LogP contribution in [0.5, 0.6) is 0 Å². The minimum Gasteiger partial charge on any atom is -0.318 e. The fourth-order valence-corrected chi connectivity index (χ4v) is 5.90. The van der Waals surface area contributed by atoms with Crippen molar-refractivity contribution in [1.82, 2.24) is 29.1 Å². The van der Waals surface area contributed by atoms with Gasteiger partial charge in [-0.3, -0.25) is 9.59 Å². The number of hydroxylamine groups is 4. The molecule has 0 spiro atoms. The van der Waals surface area contributed by atoms with E-state index in [4.69, 9.17) is 8.57 Å². The van der Waals surface area contributed by atoms with Gasteiger partial charge in [-0.05, 0) is 34.4 Å². The number of nitrogens with zero attached hydrogens (tertiary/aromatic N) is 6. The van der Waals surface area contributed by atoms with Gasteiger partial charge in [-0.1, -0.05) is 12.2 Å². The van der Waals surface area contributed by atoms with Crippen LogP contribution in [0.4, 0.5) is 9.59 Å². The molecule has 0 N–H and O–H groups in total. The second kappa shape index (κ2) is 8.93. The Morgan fingerprint density at radius 3 is 1.49 bits per heavy atom. The predicted octanol–water partition coefficient (Wildman–Crippen LogP) is -0.101. The first-order valence-corrected chi connectivity index (χ1v) is 13.4. The van der Waals surface area contributed by atoms with E-state index in [0.717, 1.165) is 11.1 Å². The van der Waals surface area contributed by atoms with Crippen molar-refractivity contribution in [1.29, 1.82) is 0 Å². The highest BCUT2D eigenvalue weighted by atomic mass is 32.3. The summed E-state index contributed by atoms with van der Waals surface area (Å²) in [6.07, 6.45) is 6.69. The molecule has 4 aliphatic rings. The number of pyridine rings is 2. The number of hydrogen-bond acceptors (Lipinski definition) is 8. The first-order chi connectivity index (χ1) is 18.5. The van der Waals surface area contributed by atoms with Crippen LogP contribution in [0.1, 0.15) is 11.1 Å². The summed E-state index contributed by atoms with van der Waals surface area (Å²) < 4.78 is 38.7. The number of fused-ring (bicyclic) bond motifs is 4. The molecule has 2 saturated heterocycles. The van der Waals surface area contributed by atoms with Crippen LogP contribution in [0, 0.1) is 0 Å². The van der Waals surface area contributed by atoms with E-state index in [1.54, 1.807) is 50.8 Å². The minimum absolute atomic E-state index is 0.184. The van der Waals surface area contributed by atoms with Gasteiger partial charge < -0.3 is 18.9 Å². The third-order valence-electron chi connectivity index (χ3n) is 7.10. The van der Waals surface area contributed by atoms with Crippen LogP contribution in [0.2, 0.25) is 0 Å². The number of hydrogen-bond donors (Lipinski definition) is 0. The lowest BCUT2D eigenvalue weighted by Crippen LogP contribution is -2.40. The molecule has 0 radical (unpaired) electrons. The smallest absolute Gasteiger partial charge is 0.318 e. The van der Waals surface area contributed by atoms with Crippen molar-refractivity contribution < 1.29 is 26.6 Å². The lowest BCUT2D eigenvalue weighted by Gasteiger charge is -2.23. The summed E-state index contributed by atoms with van der Waals surface area (Å²) in [5.41, 5.74) is 2.52. The molecule has 2 atom stereocenters. The molecule has 6 rings (SSSR count). The summed E-state index contributed by atoms with van der Waals surface area (Å²) in [5.74, 6) is 0. The third kappa shape index (κ3) is 4.43. The molecule has 0 saturated carbocycles. The summed E-state index contributed by atoms with van der Waals surface area (Å²) in [7, 11) is -1.65. The Kier molecular flexibility index (Phi) is 5.74. The number of urea groups is 2. The Hall–Kier alpha value is -4.21. The third-order valence-corrected chi connectivity index (χ3v) is 7.79. The summed E-state index contributed by atoms with van der Waals surface area (Å²) in [6, 6.07) is 3.29. The van der Waals surface area contributed by atoms with Gasteiger partial charge in [-0.2, -0.15) is 18.5 Å². The molecule has 2 fully saturated rings. The maximum absolute atomic E-state index is 12.9. The van der Waals surface area contributed by atoms with Crippen LogP contribution in [0.25, 0.3) is 11.1 Å². The molecule has 14 nitrogen and oxygen atoms in total. The Morgan fingerprint density at radius 1 is 0.692 bits per heavy atom. The number of aromatic nitrogens is 2. The first-order valence-electron chi connectivity index (χ1n) is 12.0. The lowest BCUT2D eigenvalue weighted by atomic mass is 10.0. The van der Waals surface area contributed by atoms with Crippen LogP contribution >= 0.6 is 0 Å². The molecule has 2 aromatic heterocycles. The van der Waals surface area contributed by atoms with Gasteiger partial charge >= 0.3 is 22.5 Å². The van der Waals surface area contributed by atoms with Crippen molar-refractivity contribution in [2.45, 2.75) is 12.1 Å². The molecule has 0 aromatic carbocycles. The summed E-state index contributed by atoms with van der Waals surface area (Å²) >= 11 is 0. The van der Waals surface area contributed by atoms with E-state index in [0.29, 0.717) is 21.3 Å². The van der Waals surface area contributed by atoms with Crippen molar-refractivity contribution in [3.63, 3.8) is 0 Å². The van der Waals surface area contributed by atoms with Crippen molar-refractivity contribution in [3.05, 3.63) is 80.6 Å². The highest BCUT2D eigenvalue weighted by molar-refractivity contribution is 7.81. The standard InChI is InChI=1S/C24H24N6O8S/c1-25-9-15(3-5-21(25)31)17-7-19-13-27(11-17)23(33)29(19)37-39(35,36)38-30-20-8-18(12-28(14-20)24(30)34)16-4-6-22(32)26(2)10-16/h3-10,19-20H,11-14H2,1-2H3. The van der Waals surface area contributed by atoms with Crippen LogP contribution in [0.15, 0.2) is 58.4 Å². The van der Waals surface area contributed by atoms with Crippen molar-refractivity contribution in [2.75, 3.05) is 26.2 Å². The van der Waals surface area contributed by atoms with E-state index < -0.39 is 34.5 Å². The minimum atomic E-state index is -4.87. The highest BCUT2D eigenvalue weighted by Crippen LogP contribution is 2.32. The molecule has 4 aliphatic heterocycles. The number of amides is 4. The molecule has 0 aliphatic carbocycles. The molecule has 4 bridgehead atoms. The van der Waals surface area contributed by atoms with Gasteiger partial charge in [0.2, 0.25) is 11.1 Å². The first kappa shape index (κ1) is 25.1. The molecule has 6 heterocycles. The largest absolute Gasteiger partial charge is 0.442 e. The highest BCUT2D eigenvalue weighted by Gasteiger charge is 2.47. The van der Waals surface area contributed by atoms with Crippen molar-refractivity contribution >= 4 is 33.6 Å². The molecular formula is C24H24N6O8S.